The Kier molecular flexibility index (Phi) is 8.67. The molecule has 1 saturated heterocycles. The third-order valence-corrected chi connectivity index (χ3v) is 5.40. The van der Waals surface area contributed by atoms with E-state index in [0.717, 1.165) is 5.56 Å². The van der Waals surface area contributed by atoms with Gasteiger partial charge in [-0.05, 0) is 25.3 Å². The lowest BCUT2D eigenvalue weighted by Gasteiger charge is -2.28. The average Bonchev–Trinajstić information content (AvgIpc) is 3.23. The second kappa shape index (κ2) is 11.0. The van der Waals surface area contributed by atoms with Gasteiger partial charge in [0.2, 0.25) is 17.7 Å². The molecule has 4 atom stereocenters. The molecule has 0 radical (unpaired) electrons. The second-order valence-corrected chi connectivity index (χ2v) is 7.66. The fourth-order valence-corrected chi connectivity index (χ4v) is 3.47. The van der Waals surface area contributed by atoms with Crippen molar-refractivity contribution < 1.29 is 24.3 Å². The van der Waals surface area contributed by atoms with Crippen LogP contribution in [0.1, 0.15) is 25.3 Å². The SMILES string of the molecule is CC(NC(=O)C(N)CS)C(=O)NC(Cc1ccccc1)C(=O)N1CCCC1C(=O)O. The molecule has 164 valence electrons. The van der Waals surface area contributed by atoms with Gasteiger partial charge in [0.05, 0.1) is 6.04 Å². The van der Waals surface area contributed by atoms with E-state index in [1.807, 2.05) is 30.3 Å². The second-order valence-electron chi connectivity index (χ2n) is 7.30. The molecule has 0 spiro atoms. The molecular weight excluding hydrogens is 408 g/mol. The van der Waals surface area contributed by atoms with Crippen molar-refractivity contribution in [2.75, 3.05) is 12.3 Å². The molecule has 1 aliphatic rings. The number of likely N-dealkylation sites (tertiary alicyclic amines) is 1. The molecule has 1 aromatic carbocycles. The zero-order valence-corrected chi connectivity index (χ0v) is 17.7. The van der Waals surface area contributed by atoms with Crippen molar-refractivity contribution in [1.29, 1.82) is 0 Å². The van der Waals surface area contributed by atoms with Crippen LogP contribution in [-0.4, -0.2) is 70.2 Å². The lowest BCUT2D eigenvalue weighted by Crippen LogP contribution is -2.57. The lowest BCUT2D eigenvalue weighted by molar-refractivity contribution is -0.149. The van der Waals surface area contributed by atoms with Crippen LogP contribution >= 0.6 is 12.6 Å². The van der Waals surface area contributed by atoms with Gasteiger partial charge in [-0.3, -0.25) is 14.4 Å². The first-order valence-electron chi connectivity index (χ1n) is 9.79. The summed E-state index contributed by atoms with van der Waals surface area (Å²) >= 11 is 3.96. The van der Waals surface area contributed by atoms with Crippen molar-refractivity contribution in [3.8, 4) is 0 Å². The van der Waals surface area contributed by atoms with Crippen molar-refractivity contribution in [2.45, 2.75) is 50.4 Å². The quantitative estimate of drug-likeness (QED) is 0.332. The molecule has 1 heterocycles. The van der Waals surface area contributed by atoms with Gasteiger partial charge in [0.15, 0.2) is 0 Å². The minimum Gasteiger partial charge on any atom is -0.480 e. The number of nitrogens with two attached hydrogens (primary N) is 1. The third-order valence-electron chi connectivity index (χ3n) is 5.00. The van der Waals surface area contributed by atoms with Crippen LogP contribution < -0.4 is 16.4 Å². The third kappa shape index (κ3) is 6.20. The van der Waals surface area contributed by atoms with E-state index in [1.54, 1.807) is 0 Å². The van der Waals surface area contributed by atoms with Crippen molar-refractivity contribution >= 4 is 36.3 Å². The van der Waals surface area contributed by atoms with Crippen LogP contribution in [0.5, 0.6) is 0 Å². The summed E-state index contributed by atoms with van der Waals surface area (Å²) in [4.78, 5) is 50.5. The molecule has 30 heavy (non-hydrogen) atoms. The average molecular weight is 437 g/mol. The standard InChI is InChI=1S/C20H28N4O5S/c1-12(22-18(26)14(21)11-30)17(25)23-15(10-13-6-3-2-4-7-13)19(27)24-9-5-8-16(24)20(28)29/h2-4,6-7,12,14-16,30H,5,8-11,21H2,1H3,(H,22,26)(H,23,25)(H,28,29). The summed E-state index contributed by atoms with van der Waals surface area (Å²) in [6.07, 6.45) is 1.16. The molecule has 0 aliphatic carbocycles. The summed E-state index contributed by atoms with van der Waals surface area (Å²) < 4.78 is 0. The predicted octanol–water partition coefficient (Wildman–Crippen LogP) is -0.449. The summed E-state index contributed by atoms with van der Waals surface area (Å²) in [5.41, 5.74) is 6.42. The Labute approximate surface area is 180 Å². The van der Waals surface area contributed by atoms with Crippen LogP contribution in [0.2, 0.25) is 0 Å². The summed E-state index contributed by atoms with van der Waals surface area (Å²) in [5, 5.41) is 14.6. The van der Waals surface area contributed by atoms with Crippen LogP contribution in [0, 0.1) is 0 Å². The monoisotopic (exact) mass is 436 g/mol. The maximum absolute atomic E-state index is 13.1. The van der Waals surface area contributed by atoms with E-state index in [4.69, 9.17) is 5.73 Å². The Morgan fingerprint density at radius 1 is 1.20 bits per heavy atom. The number of benzene rings is 1. The fourth-order valence-electron chi connectivity index (χ4n) is 3.30. The first-order chi connectivity index (χ1) is 14.2. The molecule has 0 saturated carbocycles. The first kappa shape index (κ1) is 23.7. The molecule has 4 unspecified atom stereocenters. The highest BCUT2D eigenvalue weighted by molar-refractivity contribution is 7.80. The molecule has 2 rings (SSSR count). The molecule has 1 aromatic rings. The maximum atomic E-state index is 13.1. The number of rotatable bonds is 9. The van der Waals surface area contributed by atoms with Gasteiger partial charge in [0.1, 0.15) is 18.1 Å². The summed E-state index contributed by atoms with van der Waals surface area (Å²) in [6.45, 7) is 1.80. The normalized spacial score (nSPS) is 18.9. The number of carbonyl (C=O) groups is 4. The number of nitrogens with zero attached hydrogens (tertiary/aromatic N) is 1. The first-order valence-corrected chi connectivity index (χ1v) is 10.4. The number of nitrogens with one attached hydrogen (secondary N) is 2. The number of hydrogen-bond acceptors (Lipinski definition) is 6. The number of carbonyl (C=O) groups excluding carboxylic acids is 3. The number of carboxylic acid groups (broad SMARTS) is 1. The Morgan fingerprint density at radius 3 is 2.47 bits per heavy atom. The molecule has 10 heteroatoms. The molecule has 0 aromatic heterocycles. The zero-order valence-electron chi connectivity index (χ0n) is 16.8. The van der Waals surface area contributed by atoms with Gasteiger partial charge in [0.25, 0.3) is 0 Å². The molecule has 3 amide bonds. The molecule has 0 bridgehead atoms. The highest BCUT2D eigenvalue weighted by Crippen LogP contribution is 2.19. The highest BCUT2D eigenvalue weighted by Gasteiger charge is 2.38. The zero-order chi connectivity index (χ0) is 22.3. The molecular formula is C20H28N4O5S. The number of aliphatic carboxylic acids is 1. The van der Waals surface area contributed by atoms with E-state index in [9.17, 15) is 24.3 Å². The van der Waals surface area contributed by atoms with Crippen LogP contribution in [0.25, 0.3) is 0 Å². The van der Waals surface area contributed by atoms with Crippen LogP contribution in [0.3, 0.4) is 0 Å². The number of hydrogen-bond donors (Lipinski definition) is 5. The molecule has 5 N–H and O–H groups in total. The molecule has 1 fully saturated rings. The van der Waals surface area contributed by atoms with Crippen molar-refractivity contribution in [3.05, 3.63) is 35.9 Å². The summed E-state index contributed by atoms with van der Waals surface area (Å²) in [6, 6.07) is 5.46. The number of thiol groups is 1. The Balaban J connectivity index is 2.15. The Bertz CT molecular complexity index is 776. The lowest BCUT2D eigenvalue weighted by atomic mass is 10.0. The van der Waals surface area contributed by atoms with E-state index < -0.39 is 47.9 Å². The Hall–Kier alpha value is -2.59. The van der Waals surface area contributed by atoms with Gasteiger partial charge in [-0.1, -0.05) is 30.3 Å². The van der Waals surface area contributed by atoms with E-state index in [-0.39, 0.29) is 12.2 Å². The van der Waals surface area contributed by atoms with Crippen molar-refractivity contribution in [2.24, 2.45) is 5.73 Å². The van der Waals surface area contributed by atoms with E-state index in [2.05, 4.69) is 23.3 Å². The molecule has 9 nitrogen and oxygen atoms in total. The predicted molar refractivity (Wildman–Crippen MR) is 114 cm³/mol. The van der Waals surface area contributed by atoms with Gasteiger partial charge in [-0.15, -0.1) is 0 Å². The van der Waals surface area contributed by atoms with E-state index >= 15 is 0 Å². The van der Waals surface area contributed by atoms with Crippen LogP contribution in [0.15, 0.2) is 30.3 Å². The number of carboxylic acids is 1. The van der Waals surface area contributed by atoms with Crippen LogP contribution in [0.4, 0.5) is 0 Å². The van der Waals surface area contributed by atoms with Gasteiger partial charge in [-0.25, -0.2) is 4.79 Å². The molecule has 1 aliphatic heterocycles. The topological polar surface area (TPSA) is 142 Å². The summed E-state index contributed by atoms with van der Waals surface area (Å²) in [7, 11) is 0. The van der Waals surface area contributed by atoms with E-state index in [0.29, 0.717) is 19.4 Å². The number of amides is 3. The van der Waals surface area contributed by atoms with Crippen LogP contribution in [-0.2, 0) is 25.6 Å². The fraction of sp³-hybridized carbons (Fsp3) is 0.500. The largest absolute Gasteiger partial charge is 0.480 e. The maximum Gasteiger partial charge on any atom is 0.326 e. The van der Waals surface area contributed by atoms with Gasteiger partial charge >= 0.3 is 5.97 Å². The Morgan fingerprint density at radius 2 is 1.87 bits per heavy atom. The minimum absolute atomic E-state index is 0.126. The smallest absolute Gasteiger partial charge is 0.326 e. The van der Waals surface area contributed by atoms with Gasteiger partial charge < -0.3 is 26.4 Å². The highest BCUT2D eigenvalue weighted by atomic mass is 32.1. The van der Waals surface area contributed by atoms with Crippen molar-refractivity contribution in [1.82, 2.24) is 15.5 Å². The van der Waals surface area contributed by atoms with Gasteiger partial charge in [0, 0.05) is 18.7 Å². The van der Waals surface area contributed by atoms with Gasteiger partial charge in [-0.2, -0.15) is 12.6 Å². The summed E-state index contributed by atoms with van der Waals surface area (Å²) in [5.74, 6) is -2.48. The minimum atomic E-state index is -1.06. The van der Waals surface area contributed by atoms with Crippen molar-refractivity contribution in [3.63, 3.8) is 0 Å². The van der Waals surface area contributed by atoms with E-state index in [1.165, 1.54) is 11.8 Å².